The van der Waals surface area contributed by atoms with Gasteiger partial charge < -0.3 is 20.7 Å². The van der Waals surface area contributed by atoms with E-state index in [1.165, 1.54) is 6.07 Å². The van der Waals surface area contributed by atoms with E-state index in [2.05, 4.69) is 20.2 Å². The van der Waals surface area contributed by atoms with E-state index in [4.69, 9.17) is 15.5 Å². The quantitative estimate of drug-likeness (QED) is 0.268. The van der Waals surface area contributed by atoms with Crippen molar-refractivity contribution < 1.29 is 13.5 Å². The SMILES string of the molecule is Cc1c(-c2ccccn2)nc2cc(F)cc(F)c2c1Nc1cc(N2CCOCC2)ncc1-c1cccc(N)c1. The number of pyridine rings is 3. The Kier molecular flexibility index (Phi) is 6.50. The highest BCUT2D eigenvalue weighted by atomic mass is 19.1. The molecule has 4 heterocycles. The minimum Gasteiger partial charge on any atom is -0.399 e. The summed E-state index contributed by atoms with van der Waals surface area (Å²) in [6, 6.07) is 17.0. The van der Waals surface area contributed by atoms with Crippen LogP contribution in [0.4, 0.5) is 31.7 Å². The van der Waals surface area contributed by atoms with E-state index in [-0.39, 0.29) is 10.9 Å². The first-order chi connectivity index (χ1) is 19.0. The summed E-state index contributed by atoms with van der Waals surface area (Å²) in [5.41, 5.74) is 11.5. The van der Waals surface area contributed by atoms with Crippen LogP contribution in [0.15, 0.2) is 73.1 Å². The van der Waals surface area contributed by atoms with Gasteiger partial charge in [-0.1, -0.05) is 18.2 Å². The molecule has 196 valence electrons. The van der Waals surface area contributed by atoms with Crippen LogP contribution in [0.2, 0.25) is 0 Å². The summed E-state index contributed by atoms with van der Waals surface area (Å²) in [7, 11) is 0. The van der Waals surface area contributed by atoms with Gasteiger partial charge in [-0.15, -0.1) is 0 Å². The summed E-state index contributed by atoms with van der Waals surface area (Å²) in [6.07, 6.45) is 3.45. The molecule has 5 aromatic rings. The zero-order valence-corrected chi connectivity index (χ0v) is 21.3. The van der Waals surface area contributed by atoms with Crippen molar-refractivity contribution in [1.82, 2.24) is 15.0 Å². The molecule has 3 aromatic heterocycles. The molecular weight excluding hydrogens is 498 g/mol. The number of halogens is 2. The molecule has 39 heavy (non-hydrogen) atoms. The largest absolute Gasteiger partial charge is 0.399 e. The van der Waals surface area contributed by atoms with E-state index in [1.54, 1.807) is 18.5 Å². The highest BCUT2D eigenvalue weighted by Crippen LogP contribution is 2.40. The molecule has 1 aliphatic rings. The normalized spacial score (nSPS) is 13.6. The van der Waals surface area contributed by atoms with Gasteiger partial charge in [0.25, 0.3) is 0 Å². The fourth-order valence-electron chi connectivity index (χ4n) is 4.90. The van der Waals surface area contributed by atoms with Gasteiger partial charge >= 0.3 is 0 Å². The molecule has 7 nitrogen and oxygen atoms in total. The molecule has 1 fully saturated rings. The summed E-state index contributed by atoms with van der Waals surface area (Å²) in [5, 5.41) is 3.67. The zero-order chi connectivity index (χ0) is 26.9. The van der Waals surface area contributed by atoms with Gasteiger partial charge in [0.2, 0.25) is 0 Å². The second-order valence-corrected chi connectivity index (χ2v) is 9.40. The van der Waals surface area contributed by atoms with Crippen LogP contribution in [0.1, 0.15) is 5.56 Å². The number of aromatic nitrogens is 3. The Bertz CT molecular complexity index is 1670. The molecule has 1 saturated heterocycles. The number of nitrogens with two attached hydrogens (primary N) is 1. The van der Waals surface area contributed by atoms with E-state index in [0.717, 1.165) is 23.0 Å². The minimum atomic E-state index is -0.705. The molecule has 0 aliphatic carbocycles. The van der Waals surface area contributed by atoms with Gasteiger partial charge in [-0.25, -0.2) is 18.7 Å². The second-order valence-electron chi connectivity index (χ2n) is 9.40. The van der Waals surface area contributed by atoms with Crippen LogP contribution in [-0.4, -0.2) is 41.3 Å². The Balaban J connectivity index is 1.57. The first kappa shape index (κ1) is 24.7. The fourth-order valence-corrected chi connectivity index (χ4v) is 4.90. The molecular formula is C30H26F2N6O. The van der Waals surface area contributed by atoms with Crippen LogP contribution in [-0.2, 0) is 4.74 Å². The van der Waals surface area contributed by atoms with Crippen molar-refractivity contribution in [3.8, 4) is 22.5 Å². The van der Waals surface area contributed by atoms with Crippen LogP contribution in [0, 0.1) is 18.6 Å². The lowest BCUT2D eigenvalue weighted by Crippen LogP contribution is -2.36. The molecule has 1 aliphatic heterocycles. The number of rotatable bonds is 5. The number of hydrogen-bond acceptors (Lipinski definition) is 7. The number of benzene rings is 2. The second kappa shape index (κ2) is 10.3. The third kappa shape index (κ3) is 4.84. The number of nitrogen functional groups attached to an aromatic ring is 1. The molecule has 0 saturated carbocycles. The Morgan fingerprint density at radius 2 is 1.82 bits per heavy atom. The Morgan fingerprint density at radius 3 is 2.59 bits per heavy atom. The third-order valence-electron chi connectivity index (χ3n) is 6.84. The summed E-state index contributed by atoms with van der Waals surface area (Å²) < 4.78 is 35.2. The zero-order valence-electron chi connectivity index (χ0n) is 21.3. The van der Waals surface area contributed by atoms with Gasteiger partial charge in [0, 0.05) is 60.5 Å². The fraction of sp³-hybridized carbons (Fsp3) is 0.167. The third-order valence-corrected chi connectivity index (χ3v) is 6.84. The highest BCUT2D eigenvalue weighted by molar-refractivity contribution is 5.99. The molecule has 0 amide bonds. The van der Waals surface area contributed by atoms with Crippen molar-refractivity contribution in [1.29, 1.82) is 0 Å². The van der Waals surface area contributed by atoms with Crippen LogP contribution in [0.3, 0.4) is 0 Å². The van der Waals surface area contributed by atoms with Crippen LogP contribution in [0.25, 0.3) is 33.4 Å². The molecule has 0 radical (unpaired) electrons. The van der Waals surface area contributed by atoms with Crippen LogP contribution in [0.5, 0.6) is 0 Å². The average molecular weight is 525 g/mol. The Labute approximate surface area is 224 Å². The smallest absolute Gasteiger partial charge is 0.137 e. The summed E-state index contributed by atoms with van der Waals surface area (Å²) >= 11 is 0. The van der Waals surface area contributed by atoms with Crippen molar-refractivity contribution in [3.05, 3.63) is 90.3 Å². The first-order valence-corrected chi connectivity index (χ1v) is 12.6. The molecule has 6 rings (SSSR count). The summed E-state index contributed by atoms with van der Waals surface area (Å²) in [4.78, 5) is 15.9. The number of nitrogens with zero attached hydrogens (tertiary/aromatic N) is 4. The predicted molar refractivity (Wildman–Crippen MR) is 150 cm³/mol. The maximum absolute atomic E-state index is 15.4. The van der Waals surface area contributed by atoms with Gasteiger partial charge in [-0.05, 0) is 36.8 Å². The maximum atomic E-state index is 15.4. The predicted octanol–water partition coefficient (Wildman–Crippen LogP) is 6.11. The van der Waals surface area contributed by atoms with Crippen LogP contribution >= 0.6 is 0 Å². The van der Waals surface area contributed by atoms with E-state index in [0.29, 0.717) is 60.3 Å². The van der Waals surface area contributed by atoms with Crippen molar-refractivity contribution >= 4 is 33.8 Å². The highest BCUT2D eigenvalue weighted by Gasteiger charge is 2.21. The van der Waals surface area contributed by atoms with Gasteiger partial charge in [0.05, 0.1) is 46.9 Å². The molecule has 0 atom stereocenters. The monoisotopic (exact) mass is 524 g/mol. The number of ether oxygens (including phenoxy) is 1. The van der Waals surface area contributed by atoms with E-state index < -0.39 is 11.6 Å². The average Bonchev–Trinajstić information content (AvgIpc) is 2.95. The summed E-state index contributed by atoms with van der Waals surface area (Å²) in [6.45, 7) is 4.49. The van der Waals surface area contributed by atoms with Gasteiger partial charge in [0.1, 0.15) is 17.5 Å². The number of fused-ring (bicyclic) bond motifs is 1. The van der Waals surface area contributed by atoms with Crippen molar-refractivity contribution in [2.75, 3.05) is 42.3 Å². The first-order valence-electron chi connectivity index (χ1n) is 12.6. The van der Waals surface area contributed by atoms with Crippen molar-refractivity contribution in [2.45, 2.75) is 6.92 Å². The standard InChI is InChI=1S/C30H26F2N6O/c1-18-29(24-7-2-3-8-34-24)37-26-15-20(31)14-23(32)28(26)30(18)36-25-16-27(38-9-11-39-12-10-38)35-17-22(25)19-5-4-6-21(33)13-19/h2-8,13-17H,9-12,33H2,1H3,(H,35,36,37). The van der Waals surface area contributed by atoms with E-state index >= 15 is 4.39 Å². The lowest BCUT2D eigenvalue weighted by atomic mass is 10.0. The maximum Gasteiger partial charge on any atom is 0.137 e. The lowest BCUT2D eigenvalue weighted by molar-refractivity contribution is 0.122. The molecule has 3 N–H and O–H groups in total. The number of nitrogens with one attached hydrogen (secondary N) is 1. The van der Waals surface area contributed by atoms with Gasteiger partial charge in [-0.2, -0.15) is 0 Å². The molecule has 0 bridgehead atoms. The number of anilines is 4. The van der Waals surface area contributed by atoms with Crippen molar-refractivity contribution in [2.24, 2.45) is 0 Å². The molecule has 2 aromatic carbocycles. The van der Waals surface area contributed by atoms with E-state index in [1.807, 2.05) is 49.4 Å². The molecule has 0 spiro atoms. The Morgan fingerprint density at radius 1 is 0.974 bits per heavy atom. The van der Waals surface area contributed by atoms with Crippen LogP contribution < -0.4 is 16.0 Å². The summed E-state index contributed by atoms with van der Waals surface area (Å²) in [5.74, 6) is -0.641. The molecule has 0 unspecified atom stereocenters. The Hall–Kier alpha value is -4.63. The van der Waals surface area contributed by atoms with Gasteiger partial charge in [-0.3, -0.25) is 4.98 Å². The minimum absolute atomic E-state index is 0.189. The molecule has 9 heteroatoms. The van der Waals surface area contributed by atoms with E-state index in [9.17, 15) is 4.39 Å². The topological polar surface area (TPSA) is 89.2 Å². The number of hydrogen-bond donors (Lipinski definition) is 2. The number of morpholine rings is 1. The van der Waals surface area contributed by atoms with Gasteiger partial charge in [0.15, 0.2) is 0 Å². The lowest BCUT2D eigenvalue weighted by Gasteiger charge is -2.28. The van der Waals surface area contributed by atoms with Crippen molar-refractivity contribution in [3.63, 3.8) is 0 Å².